The van der Waals surface area contributed by atoms with Crippen LogP contribution in [0.4, 0.5) is 26.3 Å². The van der Waals surface area contributed by atoms with Gasteiger partial charge in [0.2, 0.25) is 5.88 Å². The van der Waals surface area contributed by atoms with E-state index >= 15 is 0 Å². The summed E-state index contributed by atoms with van der Waals surface area (Å²) in [6, 6.07) is 2.71. The number of likely N-dealkylation sites (tertiary alicyclic amines) is 1. The Morgan fingerprint density at radius 3 is 2.53 bits per heavy atom. The molecule has 0 aliphatic carbocycles. The third kappa shape index (κ3) is 10.5. The van der Waals surface area contributed by atoms with Gasteiger partial charge < -0.3 is 15.4 Å². The number of hydrogen-bond acceptors (Lipinski definition) is 4. The first-order valence-corrected chi connectivity index (χ1v) is 9.02. The number of halogens is 7. The van der Waals surface area contributed by atoms with Gasteiger partial charge in [-0.25, -0.2) is 9.98 Å². The van der Waals surface area contributed by atoms with E-state index in [0.717, 1.165) is 0 Å². The zero-order chi connectivity index (χ0) is 21.5. The topological polar surface area (TPSA) is 61.8 Å². The molecule has 1 aromatic rings. The third-order valence-corrected chi connectivity index (χ3v) is 3.96. The summed E-state index contributed by atoms with van der Waals surface area (Å²) < 4.78 is 78.4. The molecule has 0 spiro atoms. The average molecular weight is 555 g/mol. The van der Waals surface area contributed by atoms with Crippen LogP contribution in [0.1, 0.15) is 18.9 Å². The molecule has 0 saturated carbocycles. The van der Waals surface area contributed by atoms with Gasteiger partial charge in [0.05, 0.1) is 13.1 Å². The standard InChI is InChI=1S/C17H23F6N5O.HI/c1-2-24-15(27-13-5-6-28(9-13)10-16(18,19)20)26-8-12-3-4-14(25-7-12)29-11-17(21,22)23;/h3-4,7,13H,2,5-6,8-11H2,1H3,(H2,24,26,27);1H. The van der Waals surface area contributed by atoms with E-state index in [1.807, 2.05) is 6.92 Å². The third-order valence-electron chi connectivity index (χ3n) is 3.96. The summed E-state index contributed by atoms with van der Waals surface area (Å²) in [7, 11) is 0. The first kappa shape index (κ1) is 26.5. The van der Waals surface area contributed by atoms with Crippen molar-refractivity contribution >= 4 is 29.9 Å². The van der Waals surface area contributed by atoms with Crippen molar-refractivity contribution in [3.05, 3.63) is 23.9 Å². The van der Waals surface area contributed by atoms with E-state index in [1.54, 1.807) is 6.07 Å². The highest BCUT2D eigenvalue weighted by atomic mass is 127. The highest BCUT2D eigenvalue weighted by Crippen LogP contribution is 2.20. The predicted molar refractivity (Wildman–Crippen MR) is 110 cm³/mol. The minimum absolute atomic E-state index is 0. The average Bonchev–Trinajstić information content (AvgIpc) is 3.03. The van der Waals surface area contributed by atoms with E-state index in [9.17, 15) is 26.3 Å². The molecule has 2 N–H and O–H groups in total. The Hall–Kier alpha value is -1.51. The van der Waals surface area contributed by atoms with E-state index in [1.165, 1.54) is 17.2 Å². The van der Waals surface area contributed by atoms with Gasteiger partial charge in [0, 0.05) is 37.9 Å². The molecule has 1 fully saturated rings. The zero-order valence-corrected chi connectivity index (χ0v) is 18.5. The smallest absolute Gasteiger partial charge is 0.422 e. The molecule has 1 atom stereocenters. The van der Waals surface area contributed by atoms with Gasteiger partial charge in [-0.1, -0.05) is 6.07 Å². The molecule has 0 amide bonds. The van der Waals surface area contributed by atoms with Crippen LogP contribution < -0.4 is 15.4 Å². The van der Waals surface area contributed by atoms with Gasteiger partial charge in [-0.3, -0.25) is 4.90 Å². The van der Waals surface area contributed by atoms with Gasteiger partial charge in [-0.15, -0.1) is 24.0 Å². The quantitative estimate of drug-likeness (QED) is 0.234. The Labute approximate surface area is 187 Å². The summed E-state index contributed by atoms with van der Waals surface area (Å²) in [5.74, 6) is 0.305. The highest BCUT2D eigenvalue weighted by molar-refractivity contribution is 14.0. The van der Waals surface area contributed by atoms with Gasteiger partial charge in [0.1, 0.15) is 0 Å². The molecule has 1 saturated heterocycles. The van der Waals surface area contributed by atoms with Crippen LogP contribution in [0.5, 0.6) is 5.88 Å². The molecule has 30 heavy (non-hydrogen) atoms. The Morgan fingerprint density at radius 1 is 1.23 bits per heavy atom. The van der Waals surface area contributed by atoms with Crippen LogP contribution in [0.3, 0.4) is 0 Å². The molecule has 172 valence electrons. The summed E-state index contributed by atoms with van der Waals surface area (Å²) in [5.41, 5.74) is 0.645. The molecule has 0 bridgehead atoms. The summed E-state index contributed by atoms with van der Waals surface area (Å²) in [6.07, 6.45) is -6.74. The first-order chi connectivity index (χ1) is 13.5. The number of aromatic nitrogens is 1. The van der Waals surface area contributed by atoms with Crippen molar-refractivity contribution in [2.24, 2.45) is 4.99 Å². The highest BCUT2D eigenvalue weighted by Gasteiger charge is 2.34. The maximum absolute atomic E-state index is 12.5. The van der Waals surface area contributed by atoms with Gasteiger partial charge >= 0.3 is 12.4 Å². The van der Waals surface area contributed by atoms with E-state index in [0.29, 0.717) is 31.0 Å². The number of alkyl halides is 6. The van der Waals surface area contributed by atoms with E-state index in [4.69, 9.17) is 0 Å². The van der Waals surface area contributed by atoms with Gasteiger partial charge in [-0.05, 0) is 18.9 Å². The number of guanidine groups is 1. The molecule has 1 aliphatic heterocycles. The molecule has 0 aromatic carbocycles. The van der Waals surface area contributed by atoms with E-state index in [-0.39, 0.29) is 49.0 Å². The lowest BCUT2D eigenvalue weighted by Crippen LogP contribution is -2.45. The van der Waals surface area contributed by atoms with Crippen molar-refractivity contribution in [3.8, 4) is 5.88 Å². The normalized spacial score (nSPS) is 18.1. The number of pyridine rings is 1. The van der Waals surface area contributed by atoms with Gasteiger partial charge in [0.25, 0.3) is 0 Å². The Kier molecular flexibility index (Phi) is 10.4. The minimum Gasteiger partial charge on any atom is -0.468 e. The van der Waals surface area contributed by atoms with Crippen LogP contribution in [-0.4, -0.2) is 67.0 Å². The summed E-state index contributed by atoms with van der Waals surface area (Å²) in [5, 5.41) is 6.13. The Bertz CT molecular complexity index is 668. The zero-order valence-electron chi connectivity index (χ0n) is 16.2. The van der Waals surface area contributed by atoms with Crippen LogP contribution in [-0.2, 0) is 6.54 Å². The number of hydrogen-bond donors (Lipinski definition) is 2. The van der Waals surface area contributed by atoms with Crippen LogP contribution in [0, 0.1) is 0 Å². The maximum Gasteiger partial charge on any atom is 0.422 e. The molecule has 2 heterocycles. The fraction of sp³-hybridized carbons (Fsp3) is 0.647. The molecule has 6 nitrogen and oxygen atoms in total. The van der Waals surface area contributed by atoms with Crippen LogP contribution in [0.25, 0.3) is 0 Å². The summed E-state index contributed by atoms with van der Waals surface area (Å²) in [6.45, 7) is 0.868. The van der Waals surface area contributed by atoms with Crippen molar-refractivity contribution in [1.29, 1.82) is 0 Å². The number of rotatable bonds is 7. The SMILES string of the molecule is CCNC(=NCc1ccc(OCC(F)(F)F)nc1)NC1CCN(CC(F)(F)F)C1.I. The van der Waals surface area contributed by atoms with Gasteiger partial charge in [0.15, 0.2) is 12.6 Å². The number of nitrogens with one attached hydrogen (secondary N) is 2. The lowest BCUT2D eigenvalue weighted by atomic mass is 10.2. The summed E-state index contributed by atoms with van der Waals surface area (Å²) >= 11 is 0. The molecule has 1 aliphatic rings. The Balaban J connectivity index is 0.00000450. The fourth-order valence-electron chi connectivity index (χ4n) is 2.78. The van der Waals surface area contributed by atoms with Crippen molar-refractivity contribution in [1.82, 2.24) is 20.5 Å². The number of nitrogens with zero attached hydrogens (tertiary/aromatic N) is 3. The molecule has 0 radical (unpaired) electrons. The minimum atomic E-state index is -4.44. The largest absolute Gasteiger partial charge is 0.468 e. The molecule has 1 aromatic heterocycles. The second kappa shape index (κ2) is 11.8. The van der Waals surface area contributed by atoms with E-state index < -0.39 is 25.5 Å². The first-order valence-electron chi connectivity index (χ1n) is 9.02. The summed E-state index contributed by atoms with van der Waals surface area (Å²) in [4.78, 5) is 9.50. The van der Waals surface area contributed by atoms with Crippen LogP contribution in [0.2, 0.25) is 0 Å². The fourth-order valence-corrected chi connectivity index (χ4v) is 2.78. The number of aliphatic imine (C=N–C) groups is 1. The molecule has 2 rings (SSSR count). The molecule has 1 unspecified atom stereocenters. The lowest BCUT2D eigenvalue weighted by molar-refractivity contribution is -0.154. The lowest BCUT2D eigenvalue weighted by Gasteiger charge is -2.19. The maximum atomic E-state index is 12.5. The molecular weight excluding hydrogens is 531 g/mol. The van der Waals surface area contributed by atoms with Gasteiger partial charge in [-0.2, -0.15) is 26.3 Å². The van der Waals surface area contributed by atoms with Crippen molar-refractivity contribution in [2.75, 3.05) is 32.8 Å². The molecular formula is C17H24F6IN5O. The van der Waals surface area contributed by atoms with Crippen molar-refractivity contribution < 1.29 is 31.1 Å². The van der Waals surface area contributed by atoms with E-state index in [2.05, 4.69) is 25.3 Å². The monoisotopic (exact) mass is 555 g/mol. The molecule has 13 heteroatoms. The van der Waals surface area contributed by atoms with Crippen LogP contribution >= 0.6 is 24.0 Å². The second-order valence-electron chi connectivity index (χ2n) is 6.58. The second-order valence-corrected chi connectivity index (χ2v) is 6.58. The predicted octanol–water partition coefficient (Wildman–Crippen LogP) is 3.33. The van der Waals surface area contributed by atoms with Crippen LogP contribution in [0.15, 0.2) is 23.3 Å². The number of ether oxygens (including phenoxy) is 1. The van der Waals surface area contributed by atoms with Crippen molar-refractivity contribution in [3.63, 3.8) is 0 Å². The Morgan fingerprint density at radius 2 is 1.97 bits per heavy atom. The van der Waals surface area contributed by atoms with Crippen molar-refractivity contribution in [2.45, 2.75) is 38.3 Å².